The fourth-order valence-corrected chi connectivity index (χ4v) is 3.07. The zero-order chi connectivity index (χ0) is 16.4. The van der Waals surface area contributed by atoms with Crippen molar-refractivity contribution in [2.45, 2.75) is 19.4 Å². The SMILES string of the molecule is CC(C)(O)c1ccc(N2CCN(c3ccc(Br)cc3)CC2)cn1. The van der Waals surface area contributed by atoms with E-state index in [1.807, 2.05) is 12.3 Å². The molecule has 0 amide bonds. The summed E-state index contributed by atoms with van der Waals surface area (Å²) in [5.74, 6) is 0. The van der Waals surface area contributed by atoms with Gasteiger partial charge in [0, 0.05) is 36.3 Å². The highest BCUT2D eigenvalue weighted by molar-refractivity contribution is 9.10. The maximum absolute atomic E-state index is 9.98. The van der Waals surface area contributed by atoms with E-state index in [9.17, 15) is 5.11 Å². The molecule has 0 atom stereocenters. The molecule has 0 bridgehead atoms. The van der Waals surface area contributed by atoms with Gasteiger partial charge in [-0.05, 0) is 50.2 Å². The Morgan fingerprint density at radius 2 is 1.43 bits per heavy atom. The molecule has 4 nitrogen and oxygen atoms in total. The van der Waals surface area contributed by atoms with Crippen LogP contribution in [0.15, 0.2) is 47.1 Å². The van der Waals surface area contributed by atoms with Crippen LogP contribution in [-0.2, 0) is 5.60 Å². The van der Waals surface area contributed by atoms with Crippen LogP contribution in [-0.4, -0.2) is 36.3 Å². The first-order valence-corrected chi connectivity index (χ1v) is 8.67. The van der Waals surface area contributed by atoms with Gasteiger partial charge in [-0.1, -0.05) is 15.9 Å². The van der Waals surface area contributed by atoms with Crippen molar-refractivity contribution in [3.05, 3.63) is 52.8 Å². The Bertz CT molecular complexity index is 641. The molecule has 1 fully saturated rings. The average molecular weight is 376 g/mol. The van der Waals surface area contributed by atoms with E-state index in [4.69, 9.17) is 0 Å². The van der Waals surface area contributed by atoms with Crippen molar-refractivity contribution in [2.24, 2.45) is 0 Å². The minimum absolute atomic E-state index is 0.703. The fourth-order valence-electron chi connectivity index (χ4n) is 2.81. The third kappa shape index (κ3) is 3.85. The number of hydrogen-bond acceptors (Lipinski definition) is 4. The molecule has 2 aromatic rings. The Labute approximate surface area is 145 Å². The first-order chi connectivity index (χ1) is 10.9. The molecular weight excluding hydrogens is 354 g/mol. The van der Waals surface area contributed by atoms with Crippen molar-refractivity contribution >= 4 is 27.3 Å². The van der Waals surface area contributed by atoms with Gasteiger partial charge in [-0.15, -0.1) is 0 Å². The third-order valence-electron chi connectivity index (χ3n) is 4.21. The summed E-state index contributed by atoms with van der Waals surface area (Å²) in [6.45, 7) is 7.45. The summed E-state index contributed by atoms with van der Waals surface area (Å²) in [7, 11) is 0. The molecular formula is C18H22BrN3O. The van der Waals surface area contributed by atoms with Crippen molar-refractivity contribution in [3.63, 3.8) is 0 Å². The fraction of sp³-hybridized carbons (Fsp3) is 0.389. The summed E-state index contributed by atoms with van der Waals surface area (Å²) in [6.07, 6.45) is 1.86. The van der Waals surface area contributed by atoms with Crippen LogP contribution in [0, 0.1) is 0 Å². The van der Waals surface area contributed by atoms with E-state index in [0.29, 0.717) is 5.69 Å². The van der Waals surface area contributed by atoms with Crippen LogP contribution >= 0.6 is 15.9 Å². The van der Waals surface area contributed by atoms with Gasteiger partial charge in [0.05, 0.1) is 17.6 Å². The van der Waals surface area contributed by atoms with Gasteiger partial charge in [0.15, 0.2) is 0 Å². The largest absolute Gasteiger partial charge is 0.384 e. The first-order valence-electron chi connectivity index (χ1n) is 7.88. The molecule has 0 radical (unpaired) electrons. The quantitative estimate of drug-likeness (QED) is 0.892. The summed E-state index contributed by atoms with van der Waals surface area (Å²) in [6, 6.07) is 12.4. The van der Waals surface area contributed by atoms with Crippen molar-refractivity contribution in [1.29, 1.82) is 0 Å². The Hall–Kier alpha value is -1.59. The van der Waals surface area contributed by atoms with Gasteiger partial charge in [-0.2, -0.15) is 0 Å². The van der Waals surface area contributed by atoms with E-state index in [0.717, 1.165) is 36.3 Å². The first kappa shape index (κ1) is 16.3. The summed E-state index contributed by atoms with van der Waals surface area (Å²) in [4.78, 5) is 9.15. The van der Waals surface area contributed by atoms with E-state index in [1.165, 1.54) is 5.69 Å². The summed E-state index contributed by atoms with van der Waals surface area (Å²) < 4.78 is 1.11. The number of pyridine rings is 1. The van der Waals surface area contributed by atoms with Crippen LogP contribution in [0.3, 0.4) is 0 Å². The molecule has 23 heavy (non-hydrogen) atoms. The predicted octanol–water partition coefficient (Wildman–Crippen LogP) is 3.40. The van der Waals surface area contributed by atoms with Gasteiger partial charge in [0.25, 0.3) is 0 Å². The van der Waals surface area contributed by atoms with E-state index in [-0.39, 0.29) is 0 Å². The van der Waals surface area contributed by atoms with Crippen LogP contribution in [0.1, 0.15) is 19.5 Å². The second-order valence-corrected chi connectivity index (χ2v) is 7.33. The highest BCUT2D eigenvalue weighted by Crippen LogP contribution is 2.23. The lowest BCUT2D eigenvalue weighted by molar-refractivity contribution is 0.0739. The smallest absolute Gasteiger partial charge is 0.101 e. The number of anilines is 2. The zero-order valence-corrected chi connectivity index (χ0v) is 15.1. The number of aliphatic hydroxyl groups is 1. The molecule has 0 spiro atoms. The summed E-state index contributed by atoms with van der Waals surface area (Å²) >= 11 is 3.48. The zero-order valence-electron chi connectivity index (χ0n) is 13.5. The minimum Gasteiger partial charge on any atom is -0.384 e. The van der Waals surface area contributed by atoms with Gasteiger partial charge >= 0.3 is 0 Å². The molecule has 122 valence electrons. The molecule has 5 heteroatoms. The van der Waals surface area contributed by atoms with Gasteiger partial charge < -0.3 is 14.9 Å². The molecule has 0 aliphatic carbocycles. The lowest BCUT2D eigenvalue weighted by Gasteiger charge is -2.37. The molecule has 1 N–H and O–H groups in total. The number of nitrogens with zero attached hydrogens (tertiary/aromatic N) is 3. The normalized spacial score (nSPS) is 15.8. The van der Waals surface area contributed by atoms with Crippen molar-refractivity contribution in [2.75, 3.05) is 36.0 Å². The van der Waals surface area contributed by atoms with E-state index >= 15 is 0 Å². The predicted molar refractivity (Wildman–Crippen MR) is 98.0 cm³/mol. The molecule has 0 saturated carbocycles. The molecule has 2 heterocycles. The molecule has 3 rings (SSSR count). The summed E-state index contributed by atoms with van der Waals surface area (Å²) in [5.41, 5.74) is 2.20. The molecule has 1 saturated heterocycles. The number of benzene rings is 1. The van der Waals surface area contributed by atoms with Crippen LogP contribution in [0.2, 0.25) is 0 Å². The van der Waals surface area contributed by atoms with E-state index in [1.54, 1.807) is 13.8 Å². The van der Waals surface area contributed by atoms with Gasteiger partial charge in [0.2, 0.25) is 0 Å². The number of rotatable bonds is 3. The highest BCUT2D eigenvalue weighted by Gasteiger charge is 2.20. The maximum Gasteiger partial charge on any atom is 0.101 e. The van der Waals surface area contributed by atoms with Crippen molar-refractivity contribution in [3.8, 4) is 0 Å². The summed E-state index contributed by atoms with van der Waals surface area (Å²) in [5, 5.41) is 9.98. The van der Waals surface area contributed by atoms with E-state index in [2.05, 4.69) is 61.0 Å². The van der Waals surface area contributed by atoms with Crippen LogP contribution < -0.4 is 9.80 Å². The second kappa shape index (κ2) is 6.49. The lowest BCUT2D eigenvalue weighted by Crippen LogP contribution is -2.46. The molecule has 1 aromatic heterocycles. The second-order valence-electron chi connectivity index (χ2n) is 6.41. The highest BCUT2D eigenvalue weighted by atomic mass is 79.9. The number of halogens is 1. The number of aromatic nitrogens is 1. The van der Waals surface area contributed by atoms with Gasteiger partial charge in [-0.25, -0.2) is 0 Å². The molecule has 1 aromatic carbocycles. The Kier molecular flexibility index (Phi) is 4.60. The van der Waals surface area contributed by atoms with Crippen molar-refractivity contribution < 1.29 is 5.11 Å². The lowest BCUT2D eigenvalue weighted by atomic mass is 10.0. The third-order valence-corrected chi connectivity index (χ3v) is 4.74. The standard InChI is InChI=1S/C18H22BrN3O/c1-18(2,23)17-8-7-16(13-20-17)22-11-9-21(10-12-22)15-5-3-14(19)4-6-15/h3-8,13,23H,9-12H2,1-2H3. The van der Waals surface area contributed by atoms with Crippen LogP contribution in [0.4, 0.5) is 11.4 Å². The Morgan fingerprint density at radius 1 is 0.913 bits per heavy atom. The monoisotopic (exact) mass is 375 g/mol. The van der Waals surface area contributed by atoms with Gasteiger partial charge in [-0.3, -0.25) is 4.98 Å². The Balaban J connectivity index is 1.63. The maximum atomic E-state index is 9.98. The van der Waals surface area contributed by atoms with Crippen LogP contribution in [0.25, 0.3) is 0 Å². The van der Waals surface area contributed by atoms with Crippen LogP contribution in [0.5, 0.6) is 0 Å². The van der Waals surface area contributed by atoms with E-state index < -0.39 is 5.60 Å². The topological polar surface area (TPSA) is 39.6 Å². The Morgan fingerprint density at radius 3 is 1.91 bits per heavy atom. The average Bonchev–Trinajstić information content (AvgIpc) is 2.55. The van der Waals surface area contributed by atoms with Gasteiger partial charge in [0.1, 0.15) is 5.60 Å². The number of hydrogen-bond donors (Lipinski definition) is 1. The molecule has 0 unspecified atom stereocenters. The minimum atomic E-state index is -0.890. The molecule has 1 aliphatic heterocycles. The number of piperazine rings is 1. The van der Waals surface area contributed by atoms with Crippen molar-refractivity contribution in [1.82, 2.24) is 4.98 Å². The molecule has 1 aliphatic rings.